The minimum atomic E-state index is -2.28. The van der Waals surface area contributed by atoms with Crippen LogP contribution in [-0.4, -0.2) is 71.6 Å². The van der Waals surface area contributed by atoms with Crippen LogP contribution in [0.4, 0.5) is 4.39 Å². The summed E-state index contributed by atoms with van der Waals surface area (Å²) in [5.41, 5.74) is 5.64. The number of nitrogens with zero attached hydrogens (tertiary/aromatic N) is 4. The molecular formula is C10H12FN5O5P+. The lowest BCUT2D eigenvalue weighted by Crippen LogP contribution is -2.51. The van der Waals surface area contributed by atoms with Gasteiger partial charge in [0.05, 0.1) is 6.34 Å². The van der Waals surface area contributed by atoms with Gasteiger partial charge in [-0.15, -0.1) is 9.05 Å². The molecule has 7 atom stereocenters. The first-order chi connectivity index (χ1) is 10.5. The molecule has 3 unspecified atom stereocenters. The van der Waals surface area contributed by atoms with Crippen molar-refractivity contribution in [2.24, 2.45) is 20.7 Å². The summed E-state index contributed by atoms with van der Waals surface area (Å²) in [6.07, 6.45) is -3.74. The van der Waals surface area contributed by atoms with E-state index >= 15 is 0 Å². The van der Waals surface area contributed by atoms with Gasteiger partial charge in [0.15, 0.2) is 18.5 Å². The zero-order valence-corrected chi connectivity index (χ0v) is 11.9. The summed E-state index contributed by atoms with van der Waals surface area (Å²) in [5, 5.41) is 10.3. The van der Waals surface area contributed by atoms with Crippen molar-refractivity contribution in [2.75, 3.05) is 6.61 Å². The molecule has 0 aliphatic carbocycles. The van der Waals surface area contributed by atoms with Crippen LogP contribution in [0.2, 0.25) is 0 Å². The first-order valence-corrected chi connectivity index (χ1v) is 7.63. The van der Waals surface area contributed by atoms with Gasteiger partial charge in [0, 0.05) is 4.57 Å². The maximum atomic E-state index is 13.4. The van der Waals surface area contributed by atoms with E-state index in [9.17, 15) is 14.1 Å². The topological polar surface area (TPSA) is 131 Å². The average molecular weight is 332 g/mol. The molecule has 0 radical (unpaired) electrons. The monoisotopic (exact) mass is 332 g/mol. The molecule has 0 aromatic heterocycles. The van der Waals surface area contributed by atoms with Crippen molar-refractivity contribution in [3.63, 3.8) is 0 Å². The first kappa shape index (κ1) is 14.1. The minimum absolute atomic E-state index is 0.00353. The maximum absolute atomic E-state index is 13.4. The number of fused-ring (bicyclic) bond motifs is 2. The van der Waals surface area contributed by atoms with Gasteiger partial charge >= 0.3 is 14.3 Å². The average Bonchev–Trinajstić information content (AvgIpc) is 3.01. The number of aliphatic imine (C=N–C) groups is 3. The Hall–Kier alpha value is -1.52. The summed E-state index contributed by atoms with van der Waals surface area (Å²) in [6.45, 7) is 0.0355. The molecule has 0 spiro atoms. The predicted octanol–water partition coefficient (Wildman–Crippen LogP) is -1.12. The number of aliphatic hydroxyl groups excluding tert-OH is 1. The number of hydrogen-bond acceptors (Lipinski definition) is 10. The van der Waals surface area contributed by atoms with E-state index in [1.807, 2.05) is 0 Å². The van der Waals surface area contributed by atoms with Crippen molar-refractivity contribution >= 4 is 26.5 Å². The molecule has 4 aliphatic rings. The predicted molar refractivity (Wildman–Crippen MR) is 71.2 cm³/mol. The molecule has 12 heteroatoms. The standard InChI is InChI=1S/C10H12FN5O5P/c11-10-14-7(12)4-8(15-10)16(2-13-4)9-5(17)6-3(20-9)1-19-22(18)21-6/h2-6,8-9,17H,1H2,(H2,12,14,15)/q+1/t3-,4?,5+,6-,8?,9-/m1/s1. The van der Waals surface area contributed by atoms with E-state index in [4.69, 9.17) is 19.5 Å². The first-order valence-electron chi connectivity index (χ1n) is 6.53. The number of aliphatic hydroxyl groups is 1. The van der Waals surface area contributed by atoms with E-state index in [1.165, 1.54) is 11.2 Å². The molecule has 0 saturated carbocycles. The van der Waals surface area contributed by atoms with Gasteiger partial charge in [-0.1, -0.05) is 0 Å². The van der Waals surface area contributed by atoms with Gasteiger partial charge in [-0.3, -0.25) is 4.99 Å². The zero-order valence-electron chi connectivity index (χ0n) is 11.0. The Morgan fingerprint density at radius 3 is 3.18 bits per heavy atom. The number of nitrogens with two attached hydrogens (primary N) is 1. The Kier molecular flexibility index (Phi) is 3.20. The van der Waals surface area contributed by atoms with Crippen LogP contribution in [0.5, 0.6) is 0 Å². The summed E-state index contributed by atoms with van der Waals surface area (Å²) in [4.78, 5) is 12.8. The smallest absolute Gasteiger partial charge is 0.385 e. The van der Waals surface area contributed by atoms with Crippen LogP contribution in [0, 0.1) is 0 Å². The number of rotatable bonds is 1. The molecule has 0 aromatic rings. The normalized spacial score (nSPS) is 45.4. The molecule has 4 heterocycles. The van der Waals surface area contributed by atoms with E-state index in [-0.39, 0.29) is 12.4 Å². The fourth-order valence-electron chi connectivity index (χ4n) is 2.84. The van der Waals surface area contributed by atoms with Crippen molar-refractivity contribution in [1.82, 2.24) is 4.90 Å². The van der Waals surface area contributed by atoms with E-state index in [2.05, 4.69) is 15.0 Å². The van der Waals surface area contributed by atoms with Gasteiger partial charge in [-0.2, -0.15) is 9.38 Å². The molecule has 3 N–H and O–H groups in total. The summed E-state index contributed by atoms with van der Waals surface area (Å²) in [7, 11) is -2.28. The van der Waals surface area contributed by atoms with Gasteiger partial charge in [-0.05, 0) is 0 Å². The third-order valence-corrected chi connectivity index (χ3v) is 4.64. The summed E-state index contributed by atoms with van der Waals surface area (Å²) in [6, 6.07) is -0.633. The molecule has 0 aromatic carbocycles. The fraction of sp³-hybridized carbons (Fsp3) is 0.700. The second kappa shape index (κ2) is 5.00. The quantitative estimate of drug-likeness (QED) is 0.459. The largest absolute Gasteiger partial charge is 0.697 e. The Labute approximate surface area is 124 Å². The highest BCUT2D eigenvalue weighted by molar-refractivity contribution is 7.33. The zero-order chi connectivity index (χ0) is 15.4. The van der Waals surface area contributed by atoms with Crippen molar-refractivity contribution in [1.29, 1.82) is 0 Å². The van der Waals surface area contributed by atoms with E-state index in [0.717, 1.165) is 0 Å². The van der Waals surface area contributed by atoms with E-state index in [0.29, 0.717) is 0 Å². The molecule has 10 nitrogen and oxygen atoms in total. The van der Waals surface area contributed by atoms with Crippen LogP contribution in [0.15, 0.2) is 15.0 Å². The lowest BCUT2D eigenvalue weighted by Gasteiger charge is -2.31. The molecule has 2 fully saturated rings. The third-order valence-electron chi connectivity index (χ3n) is 3.87. The lowest BCUT2D eigenvalue weighted by molar-refractivity contribution is -0.0786. The van der Waals surface area contributed by atoms with Crippen LogP contribution in [0.25, 0.3) is 0 Å². The van der Waals surface area contributed by atoms with Crippen LogP contribution in [-0.2, 0) is 18.3 Å². The molecular weight excluding hydrogens is 320 g/mol. The highest BCUT2D eigenvalue weighted by Gasteiger charge is 2.57. The van der Waals surface area contributed by atoms with Gasteiger partial charge < -0.3 is 20.5 Å². The highest BCUT2D eigenvalue weighted by Crippen LogP contribution is 2.41. The van der Waals surface area contributed by atoms with Crippen LogP contribution >= 0.6 is 8.25 Å². The van der Waals surface area contributed by atoms with Crippen LogP contribution in [0.1, 0.15) is 0 Å². The summed E-state index contributed by atoms with van der Waals surface area (Å²) >= 11 is 0. The maximum Gasteiger partial charge on any atom is 0.697 e. The molecule has 4 rings (SSSR count). The third kappa shape index (κ3) is 2.05. The molecule has 118 valence electrons. The summed E-state index contributed by atoms with van der Waals surface area (Å²) < 4.78 is 40.3. The Morgan fingerprint density at radius 2 is 2.36 bits per heavy atom. The highest BCUT2D eigenvalue weighted by atomic mass is 31.1. The molecule has 0 bridgehead atoms. The Balaban J connectivity index is 1.57. The number of amidine groups is 2. The van der Waals surface area contributed by atoms with Crippen LogP contribution < -0.4 is 5.73 Å². The number of halogens is 1. The minimum Gasteiger partial charge on any atom is -0.385 e. The van der Waals surface area contributed by atoms with Gasteiger partial charge in [0.1, 0.15) is 30.7 Å². The van der Waals surface area contributed by atoms with Crippen molar-refractivity contribution < 1.29 is 27.8 Å². The van der Waals surface area contributed by atoms with Gasteiger partial charge in [0.25, 0.3) is 0 Å². The molecule has 0 amide bonds. The Morgan fingerprint density at radius 1 is 1.55 bits per heavy atom. The SMILES string of the molecule is NC1=NC(F)=NC2C1N=CN2[C@@H]1O[C@@H]2CO[P+](=O)O[C@H]2[C@@H]1O. The van der Waals surface area contributed by atoms with Crippen molar-refractivity contribution in [2.45, 2.75) is 36.7 Å². The van der Waals surface area contributed by atoms with Crippen molar-refractivity contribution in [3.8, 4) is 0 Å². The van der Waals surface area contributed by atoms with E-state index < -0.39 is 51.1 Å². The summed E-state index contributed by atoms with van der Waals surface area (Å²) in [5.74, 6) is 0.00353. The second-order valence-electron chi connectivity index (χ2n) is 5.15. The van der Waals surface area contributed by atoms with Gasteiger partial charge in [0.2, 0.25) is 0 Å². The molecule has 22 heavy (non-hydrogen) atoms. The second-order valence-corrected chi connectivity index (χ2v) is 6.07. The van der Waals surface area contributed by atoms with Crippen LogP contribution in [0.3, 0.4) is 0 Å². The number of ether oxygens (including phenoxy) is 1. The number of hydrogen-bond donors (Lipinski definition) is 2. The van der Waals surface area contributed by atoms with Crippen molar-refractivity contribution in [3.05, 3.63) is 0 Å². The van der Waals surface area contributed by atoms with Gasteiger partial charge in [-0.25, -0.2) is 4.99 Å². The van der Waals surface area contributed by atoms with E-state index in [1.54, 1.807) is 0 Å². The molecule has 2 saturated heterocycles. The fourth-order valence-corrected chi connectivity index (χ4v) is 3.63. The Bertz CT molecular complexity index is 615. The molecule has 4 aliphatic heterocycles. The lowest BCUT2D eigenvalue weighted by atomic mass is 10.1.